The first-order valence-electron chi connectivity index (χ1n) is 7.90. The predicted molar refractivity (Wildman–Crippen MR) is 92.8 cm³/mol. The minimum absolute atomic E-state index is 0.133. The second-order valence-corrected chi connectivity index (χ2v) is 5.98. The van der Waals surface area contributed by atoms with Crippen LogP contribution >= 0.6 is 0 Å². The zero-order valence-corrected chi connectivity index (χ0v) is 13.8. The first-order chi connectivity index (χ1) is 11.1. The Morgan fingerprint density at radius 2 is 1.96 bits per heavy atom. The van der Waals surface area contributed by atoms with Crippen LogP contribution in [0.15, 0.2) is 36.4 Å². The molecule has 0 spiro atoms. The molecule has 1 fully saturated rings. The summed E-state index contributed by atoms with van der Waals surface area (Å²) >= 11 is 0. The Hall–Kier alpha value is -2.49. The lowest BCUT2D eigenvalue weighted by Crippen LogP contribution is -2.07. The standard InChI is InChI=1S/C19H22N2O2/c1-13-12-15(14(2)21(13)17-7-8-17)4-11-19(22)20-16-5-9-18(23-3)10-6-16/h4-6,9-12,17H,7-8H2,1-3H3,(H,20,22)/b11-4+. The van der Waals surface area contributed by atoms with Crippen molar-refractivity contribution < 1.29 is 9.53 Å². The fraction of sp³-hybridized carbons (Fsp3) is 0.316. The molecule has 0 bridgehead atoms. The number of aryl methyl sites for hydroxylation is 1. The second-order valence-electron chi connectivity index (χ2n) is 5.98. The van der Waals surface area contributed by atoms with Crippen LogP contribution in [-0.4, -0.2) is 17.6 Å². The summed E-state index contributed by atoms with van der Waals surface area (Å²) < 4.78 is 7.48. The third-order valence-electron chi connectivity index (χ3n) is 4.21. The minimum atomic E-state index is -0.133. The van der Waals surface area contributed by atoms with Gasteiger partial charge < -0.3 is 14.6 Å². The van der Waals surface area contributed by atoms with E-state index in [2.05, 4.69) is 29.8 Å². The van der Waals surface area contributed by atoms with E-state index in [9.17, 15) is 4.79 Å². The minimum Gasteiger partial charge on any atom is -0.497 e. The van der Waals surface area contributed by atoms with E-state index in [4.69, 9.17) is 4.74 Å². The van der Waals surface area contributed by atoms with Gasteiger partial charge in [0.15, 0.2) is 0 Å². The van der Waals surface area contributed by atoms with Crippen LogP contribution in [0, 0.1) is 13.8 Å². The van der Waals surface area contributed by atoms with Gasteiger partial charge in [-0.25, -0.2) is 0 Å². The highest BCUT2D eigenvalue weighted by molar-refractivity contribution is 6.02. The number of hydrogen-bond acceptors (Lipinski definition) is 2. The van der Waals surface area contributed by atoms with Crippen molar-refractivity contribution in [3.63, 3.8) is 0 Å². The first kappa shape index (κ1) is 15.4. The number of amides is 1. The summed E-state index contributed by atoms with van der Waals surface area (Å²) in [7, 11) is 1.62. The van der Waals surface area contributed by atoms with E-state index in [1.54, 1.807) is 13.2 Å². The Morgan fingerprint density at radius 3 is 2.57 bits per heavy atom. The normalized spacial score (nSPS) is 14.2. The predicted octanol–water partition coefficient (Wildman–Crippen LogP) is 4.10. The maximum atomic E-state index is 12.1. The second kappa shape index (κ2) is 6.32. The Balaban J connectivity index is 1.67. The van der Waals surface area contributed by atoms with E-state index in [-0.39, 0.29) is 5.91 Å². The smallest absolute Gasteiger partial charge is 0.248 e. The third-order valence-corrected chi connectivity index (χ3v) is 4.21. The van der Waals surface area contributed by atoms with E-state index < -0.39 is 0 Å². The van der Waals surface area contributed by atoms with Crippen LogP contribution in [0.25, 0.3) is 6.08 Å². The number of ether oxygens (including phenoxy) is 1. The molecule has 1 N–H and O–H groups in total. The molecule has 1 aliphatic rings. The number of aromatic nitrogens is 1. The monoisotopic (exact) mass is 310 g/mol. The van der Waals surface area contributed by atoms with Crippen LogP contribution in [0.4, 0.5) is 5.69 Å². The number of anilines is 1. The molecule has 0 radical (unpaired) electrons. The third kappa shape index (κ3) is 3.47. The highest BCUT2D eigenvalue weighted by Crippen LogP contribution is 2.38. The lowest BCUT2D eigenvalue weighted by Gasteiger charge is -2.06. The fourth-order valence-corrected chi connectivity index (χ4v) is 2.89. The van der Waals surface area contributed by atoms with Gasteiger partial charge in [-0.2, -0.15) is 0 Å². The van der Waals surface area contributed by atoms with Crippen LogP contribution in [0.5, 0.6) is 5.75 Å². The molecule has 23 heavy (non-hydrogen) atoms. The molecule has 0 aliphatic heterocycles. The van der Waals surface area contributed by atoms with Gasteiger partial charge in [-0.15, -0.1) is 0 Å². The molecule has 1 aromatic carbocycles. The number of hydrogen-bond donors (Lipinski definition) is 1. The van der Waals surface area contributed by atoms with Gasteiger partial charge in [0.05, 0.1) is 7.11 Å². The maximum Gasteiger partial charge on any atom is 0.248 e. The summed E-state index contributed by atoms with van der Waals surface area (Å²) in [6.07, 6.45) is 6.00. The SMILES string of the molecule is COc1ccc(NC(=O)/C=C/c2cc(C)n(C3CC3)c2C)cc1. The Labute approximate surface area is 136 Å². The molecule has 1 saturated carbocycles. The summed E-state index contributed by atoms with van der Waals surface area (Å²) in [6.45, 7) is 4.24. The number of rotatable bonds is 5. The quantitative estimate of drug-likeness (QED) is 0.845. The number of benzene rings is 1. The van der Waals surface area contributed by atoms with Gasteiger partial charge in [0.1, 0.15) is 5.75 Å². The topological polar surface area (TPSA) is 43.3 Å². The van der Waals surface area contributed by atoms with Crippen LogP contribution < -0.4 is 10.1 Å². The van der Waals surface area contributed by atoms with Gasteiger partial charge in [0, 0.05) is 29.2 Å². The lowest BCUT2D eigenvalue weighted by atomic mass is 10.2. The van der Waals surface area contributed by atoms with E-state index in [0.29, 0.717) is 6.04 Å². The molecule has 0 saturated heterocycles. The summed E-state index contributed by atoms with van der Waals surface area (Å²) in [5, 5.41) is 2.85. The molecule has 0 atom stereocenters. The largest absolute Gasteiger partial charge is 0.497 e. The van der Waals surface area contributed by atoms with E-state index in [1.165, 1.54) is 24.2 Å². The van der Waals surface area contributed by atoms with Crippen LogP contribution in [0.2, 0.25) is 0 Å². The number of carbonyl (C=O) groups excluding carboxylic acids is 1. The Kier molecular flexibility index (Phi) is 4.24. The summed E-state index contributed by atoms with van der Waals surface area (Å²) in [5.74, 6) is 0.637. The average Bonchev–Trinajstić information content (AvgIpc) is 3.32. The van der Waals surface area contributed by atoms with Gasteiger partial charge >= 0.3 is 0 Å². The number of nitrogens with zero attached hydrogens (tertiary/aromatic N) is 1. The Bertz CT molecular complexity index is 737. The van der Waals surface area contributed by atoms with Crippen molar-refractivity contribution in [2.75, 3.05) is 12.4 Å². The van der Waals surface area contributed by atoms with Crippen molar-refractivity contribution >= 4 is 17.7 Å². The molecule has 4 heteroatoms. The van der Waals surface area contributed by atoms with E-state index in [0.717, 1.165) is 17.0 Å². The van der Waals surface area contributed by atoms with Crippen LogP contribution in [-0.2, 0) is 4.79 Å². The zero-order chi connectivity index (χ0) is 16.4. The summed E-state index contributed by atoms with van der Waals surface area (Å²) in [4.78, 5) is 12.1. The first-order valence-corrected chi connectivity index (χ1v) is 7.90. The number of carbonyl (C=O) groups is 1. The zero-order valence-electron chi connectivity index (χ0n) is 13.8. The highest BCUT2D eigenvalue weighted by atomic mass is 16.5. The molecule has 1 amide bonds. The van der Waals surface area contributed by atoms with Gasteiger partial charge in [0.25, 0.3) is 0 Å². The molecule has 3 rings (SSSR count). The number of nitrogens with one attached hydrogen (secondary N) is 1. The summed E-state index contributed by atoms with van der Waals surface area (Å²) in [5.41, 5.74) is 4.36. The van der Waals surface area contributed by atoms with Crippen molar-refractivity contribution in [2.24, 2.45) is 0 Å². The molecule has 1 aliphatic carbocycles. The number of methoxy groups -OCH3 is 1. The molecule has 4 nitrogen and oxygen atoms in total. The maximum absolute atomic E-state index is 12.1. The Morgan fingerprint density at radius 1 is 1.26 bits per heavy atom. The molecule has 1 aromatic heterocycles. The summed E-state index contributed by atoms with van der Waals surface area (Å²) in [6, 6.07) is 10.1. The average molecular weight is 310 g/mol. The van der Waals surface area contributed by atoms with Gasteiger partial charge in [-0.05, 0) is 68.7 Å². The van der Waals surface area contributed by atoms with Crippen LogP contribution in [0.1, 0.15) is 35.8 Å². The van der Waals surface area contributed by atoms with Crippen molar-refractivity contribution in [3.05, 3.63) is 53.4 Å². The van der Waals surface area contributed by atoms with E-state index >= 15 is 0 Å². The van der Waals surface area contributed by atoms with Gasteiger partial charge in [0.2, 0.25) is 5.91 Å². The van der Waals surface area contributed by atoms with E-state index in [1.807, 2.05) is 30.3 Å². The highest BCUT2D eigenvalue weighted by Gasteiger charge is 2.26. The van der Waals surface area contributed by atoms with Crippen molar-refractivity contribution in [1.82, 2.24) is 4.57 Å². The molecule has 1 heterocycles. The van der Waals surface area contributed by atoms with Gasteiger partial charge in [-0.1, -0.05) is 0 Å². The van der Waals surface area contributed by atoms with Gasteiger partial charge in [-0.3, -0.25) is 4.79 Å². The molecular weight excluding hydrogens is 288 g/mol. The lowest BCUT2D eigenvalue weighted by molar-refractivity contribution is -0.111. The molecule has 120 valence electrons. The fourth-order valence-electron chi connectivity index (χ4n) is 2.89. The molecular formula is C19H22N2O2. The molecule has 2 aromatic rings. The van der Waals surface area contributed by atoms with Crippen molar-refractivity contribution in [1.29, 1.82) is 0 Å². The van der Waals surface area contributed by atoms with Crippen molar-refractivity contribution in [2.45, 2.75) is 32.7 Å². The van der Waals surface area contributed by atoms with Crippen LogP contribution in [0.3, 0.4) is 0 Å². The molecule has 0 unspecified atom stereocenters. The van der Waals surface area contributed by atoms with Crippen molar-refractivity contribution in [3.8, 4) is 5.75 Å².